The summed E-state index contributed by atoms with van der Waals surface area (Å²) in [5.41, 5.74) is -0.373. The lowest BCUT2D eigenvalue weighted by Crippen LogP contribution is -2.33. The number of nitriles is 1. The van der Waals surface area contributed by atoms with E-state index in [2.05, 4.69) is 5.32 Å². The summed E-state index contributed by atoms with van der Waals surface area (Å²) >= 11 is 0. The Morgan fingerprint density at radius 1 is 1.32 bits per heavy atom. The van der Waals surface area contributed by atoms with Gasteiger partial charge >= 0.3 is 0 Å². The van der Waals surface area contributed by atoms with Crippen LogP contribution in [0.5, 0.6) is 11.5 Å². The van der Waals surface area contributed by atoms with Gasteiger partial charge in [0.05, 0.1) is 30.8 Å². The van der Waals surface area contributed by atoms with Crippen molar-refractivity contribution in [2.75, 3.05) is 14.2 Å². The number of benzene rings is 1. The van der Waals surface area contributed by atoms with E-state index >= 15 is 0 Å². The molecular formula is C17H19N3O5. The maximum atomic E-state index is 12.3. The van der Waals surface area contributed by atoms with E-state index in [9.17, 15) is 20.2 Å². The third kappa shape index (κ3) is 4.26. The molecular weight excluding hydrogens is 326 g/mol. The Hall–Kier alpha value is -3.08. The van der Waals surface area contributed by atoms with Crippen LogP contribution in [0.25, 0.3) is 6.08 Å². The van der Waals surface area contributed by atoms with Gasteiger partial charge in [-0.25, -0.2) is 0 Å². The Labute approximate surface area is 145 Å². The summed E-state index contributed by atoms with van der Waals surface area (Å²) in [6.07, 6.45) is 5.03. The number of nitrogens with zero attached hydrogens (tertiary/aromatic N) is 2. The van der Waals surface area contributed by atoms with Gasteiger partial charge in [0.2, 0.25) is 0 Å². The molecule has 1 saturated carbocycles. The number of carbonyl (C=O) groups is 1. The van der Waals surface area contributed by atoms with Gasteiger partial charge in [-0.05, 0) is 25.0 Å². The minimum Gasteiger partial charge on any atom is -0.493 e. The van der Waals surface area contributed by atoms with Crippen LogP contribution in [-0.4, -0.2) is 31.1 Å². The van der Waals surface area contributed by atoms with Crippen molar-refractivity contribution >= 4 is 17.7 Å². The number of methoxy groups -OCH3 is 2. The average Bonchev–Trinajstić information content (AvgIpc) is 3.11. The number of nitro benzene ring substituents is 1. The minimum absolute atomic E-state index is 0.0460. The third-order valence-electron chi connectivity index (χ3n) is 4.08. The van der Waals surface area contributed by atoms with Crippen LogP contribution in [0.4, 0.5) is 5.69 Å². The maximum absolute atomic E-state index is 12.3. The van der Waals surface area contributed by atoms with Gasteiger partial charge < -0.3 is 14.8 Å². The van der Waals surface area contributed by atoms with Gasteiger partial charge in [0.15, 0.2) is 11.5 Å². The minimum atomic E-state index is -0.600. The molecule has 1 fully saturated rings. The van der Waals surface area contributed by atoms with Gasteiger partial charge in [-0.15, -0.1) is 0 Å². The summed E-state index contributed by atoms with van der Waals surface area (Å²) in [4.78, 5) is 23.0. The van der Waals surface area contributed by atoms with E-state index in [4.69, 9.17) is 9.47 Å². The predicted octanol–water partition coefficient (Wildman–Crippen LogP) is 2.58. The predicted molar refractivity (Wildman–Crippen MR) is 90.2 cm³/mol. The Balaban J connectivity index is 2.39. The largest absolute Gasteiger partial charge is 0.493 e. The quantitative estimate of drug-likeness (QED) is 0.367. The molecule has 2 rings (SSSR count). The SMILES string of the molecule is COc1cc(C=C(C#N)C(=O)NC2CCCC2)c([N+](=O)[O-])cc1OC. The Bertz CT molecular complexity index is 745. The third-order valence-corrected chi connectivity index (χ3v) is 4.08. The zero-order chi connectivity index (χ0) is 18.4. The van der Waals surface area contributed by atoms with Crippen molar-refractivity contribution in [1.82, 2.24) is 5.32 Å². The van der Waals surface area contributed by atoms with Crippen LogP contribution in [0.2, 0.25) is 0 Å². The molecule has 1 amide bonds. The number of amides is 1. The highest BCUT2D eigenvalue weighted by Crippen LogP contribution is 2.35. The van der Waals surface area contributed by atoms with Crippen molar-refractivity contribution in [3.63, 3.8) is 0 Å². The number of hydrogen-bond acceptors (Lipinski definition) is 6. The summed E-state index contributed by atoms with van der Waals surface area (Å²) in [5.74, 6) is -0.0633. The lowest BCUT2D eigenvalue weighted by atomic mass is 10.1. The highest BCUT2D eigenvalue weighted by molar-refractivity contribution is 6.02. The topological polar surface area (TPSA) is 114 Å². The molecule has 0 radical (unpaired) electrons. The van der Waals surface area contributed by atoms with Crippen molar-refractivity contribution in [3.05, 3.63) is 33.4 Å². The second kappa shape index (κ2) is 8.15. The molecule has 25 heavy (non-hydrogen) atoms. The van der Waals surface area contributed by atoms with Gasteiger partial charge in [-0.2, -0.15) is 5.26 Å². The standard InChI is InChI=1S/C17H19N3O5/c1-24-15-8-11(14(20(22)23)9-16(15)25-2)7-12(10-18)17(21)19-13-5-3-4-6-13/h7-9,13H,3-6H2,1-2H3,(H,19,21). The van der Waals surface area contributed by atoms with E-state index in [1.54, 1.807) is 0 Å². The molecule has 1 aliphatic rings. The average molecular weight is 345 g/mol. The highest BCUT2D eigenvalue weighted by atomic mass is 16.6. The first kappa shape index (κ1) is 18.3. The van der Waals surface area contributed by atoms with Gasteiger partial charge in [0.25, 0.3) is 11.6 Å². The van der Waals surface area contributed by atoms with Crippen LogP contribution < -0.4 is 14.8 Å². The smallest absolute Gasteiger partial charge is 0.280 e. The fraction of sp³-hybridized carbons (Fsp3) is 0.412. The van der Waals surface area contributed by atoms with Crippen LogP contribution in [0.3, 0.4) is 0 Å². The Kier molecular flexibility index (Phi) is 5.95. The van der Waals surface area contributed by atoms with Crippen LogP contribution in [-0.2, 0) is 4.79 Å². The molecule has 1 N–H and O–H groups in total. The molecule has 0 aliphatic heterocycles. The molecule has 0 heterocycles. The molecule has 0 unspecified atom stereocenters. The van der Waals surface area contributed by atoms with Gasteiger partial charge in [0, 0.05) is 6.04 Å². The first-order valence-electron chi connectivity index (χ1n) is 7.83. The van der Waals surface area contributed by atoms with Crippen LogP contribution in [0.1, 0.15) is 31.2 Å². The molecule has 0 aromatic heterocycles. The van der Waals surface area contributed by atoms with Crippen molar-refractivity contribution in [1.29, 1.82) is 5.26 Å². The molecule has 8 heteroatoms. The molecule has 1 aromatic rings. The van der Waals surface area contributed by atoms with Crippen molar-refractivity contribution < 1.29 is 19.2 Å². The van der Waals surface area contributed by atoms with Crippen molar-refractivity contribution in [2.45, 2.75) is 31.7 Å². The molecule has 8 nitrogen and oxygen atoms in total. The van der Waals surface area contributed by atoms with E-state index in [1.165, 1.54) is 32.4 Å². The summed E-state index contributed by atoms with van der Waals surface area (Å²) in [6.45, 7) is 0. The molecule has 0 saturated heterocycles. The van der Waals surface area contributed by atoms with E-state index < -0.39 is 10.8 Å². The van der Waals surface area contributed by atoms with Crippen molar-refractivity contribution in [3.8, 4) is 17.6 Å². The normalized spacial score (nSPS) is 14.7. The molecule has 1 aromatic carbocycles. The maximum Gasteiger partial charge on any atom is 0.280 e. The summed E-state index contributed by atoms with van der Waals surface area (Å²) < 4.78 is 10.2. The zero-order valence-corrected chi connectivity index (χ0v) is 14.1. The second-order valence-electron chi connectivity index (χ2n) is 5.65. The second-order valence-corrected chi connectivity index (χ2v) is 5.65. The van der Waals surface area contributed by atoms with E-state index in [0.717, 1.165) is 25.7 Å². The summed E-state index contributed by atoms with van der Waals surface area (Å²) in [5, 5.41) is 23.4. The lowest BCUT2D eigenvalue weighted by molar-refractivity contribution is -0.385. The molecule has 0 bridgehead atoms. The highest BCUT2D eigenvalue weighted by Gasteiger charge is 2.22. The monoisotopic (exact) mass is 345 g/mol. The number of rotatable bonds is 6. The number of carbonyl (C=O) groups excluding carboxylic acids is 1. The first-order chi connectivity index (χ1) is 12.0. The Morgan fingerprint density at radius 2 is 1.92 bits per heavy atom. The Morgan fingerprint density at radius 3 is 2.44 bits per heavy atom. The summed E-state index contributed by atoms with van der Waals surface area (Å²) in [6, 6.07) is 4.43. The van der Waals surface area contributed by atoms with Crippen LogP contribution in [0, 0.1) is 21.4 Å². The van der Waals surface area contributed by atoms with Gasteiger partial charge in [-0.3, -0.25) is 14.9 Å². The molecule has 0 spiro atoms. The number of hydrogen-bond donors (Lipinski definition) is 1. The van der Waals surface area contributed by atoms with E-state index in [1.807, 2.05) is 6.07 Å². The van der Waals surface area contributed by atoms with Crippen LogP contribution in [0.15, 0.2) is 17.7 Å². The van der Waals surface area contributed by atoms with Gasteiger partial charge in [0.1, 0.15) is 11.6 Å². The van der Waals surface area contributed by atoms with E-state index in [0.29, 0.717) is 0 Å². The fourth-order valence-electron chi connectivity index (χ4n) is 2.80. The first-order valence-corrected chi connectivity index (χ1v) is 7.83. The number of nitrogens with one attached hydrogen (secondary N) is 1. The van der Waals surface area contributed by atoms with Crippen LogP contribution >= 0.6 is 0 Å². The molecule has 132 valence electrons. The molecule has 0 atom stereocenters. The fourth-order valence-corrected chi connectivity index (χ4v) is 2.80. The molecule has 1 aliphatic carbocycles. The zero-order valence-electron chi connectivity index (χ0n) is 14.1. The van der Waals surface area contributed by atoms with Crippen molar-refractivity contribution in [2.24, 2.45) is 0 Å². The number of ether oxygens (including phenoxy) is 2. The van der Waals surface area contributed by atoms with E-state index in [-0.39, 0.29) is 34.4 Å². The summed E-state index contributed by atoms with van der Waals surface area (Å²) in [7, 11) is 2.77. The lowest BCUT2D eigenvalue weighted by Gasteiger charge is -2.11. The van der Waals surface area contributed by atoms with Gasteiger partial charge in [-0.1, -0.05) is 12.8 Å². The number of nitro groups is 1.